The first kappa shape index (κ1) is 9.76. The van der Waals surface area contributed by atoms with Crippen LogP contribution in [0.3, 0.4) is 0 Å². The summed E-state index contributed by atoms with van der Waals surface area (Å²) in [7, 11) is 0. The molecule has 0 fully saturated rings. The first-order valence-corrected chi connectivity index (χ1v) is 7.34. The van der Waals surface area contributed by atoms with Gasteiger partial charge in [0.25, 0.3) is 0 Å². The van der Waals surface area contributed by atoms with Crippen LogP contribution >= 0.6 is 0 Å². The maximum atomic E-state index is 6.34. The lowest BCUT2D eigenvalue weighted by molar-refractivity contribution is 0.178. The van der Waals surface area contributed by atoms with E-state index < -0.39 is 0 Å². The molecule has 0 saturated carbocycles. The lowest BCUT2D eigenvalue weighted by Gasteiger charge is -2.56. The van der Waals surface area contributed by atoms with Crippen molar-refractivity contribution in [1.82, 2.24) is 0 Å². The molecule has 2 heteroatoms. The number of benzene rings is 1. The molecule has 4 bridgehead atoms. The molecule has 0 aromatic heterocycles. The predicted octanol–water partition coefficient (Wildman–Crippen LogP) is 3.75. The van der Waals surface area contributed by atoms with Crippen molar-refractivity contribution >= 4 is 12.3 Å². The number of aliphatic imine (C=N–C) groups is 1. The summed E-state index contributed by atoms with van der Waals surface area (Å²) in [6, 6.07) is 6.42. The van der Waals surface area contributed by atoms with Crippen LogP contribution in [-0.4, -0.2) is 6.21 Å². The maximum absolute atomic E-state index is 6.34. The highest BCUT2D eigenvalue weighted by atomic mass is 16.5. The smallest absolute Gasteiger partial charge is 0.131 e. The fraction of sp³-hybridized carbons (Fsp3) is 0.278. The summed E-state index contributed by atoms with van der Waals surface area (Å²) in [5.41, 5.74) is 5.38. The van der Waals surface area contributed by atoms with E-state index in [2.05, 4.69) is 42.6 Å². The quantitative estimate of drug-likeness (QED) is 0.695. The zero-order valence-corrected chi connectivity index (χ0v) is 11.0. The monoisotopic (exact) mass is 259 g/mol. The molecular formula is C18H13NO. The van der Waals surface area contributed by atoms with Crippen molar-refractivity contribution in [3.8, 4) is 5.75 Å². The zero-order valence-electron chi connectivity index (χ0n) is 11.0. The summed E-state index contributed by atoms with van der Waals surface area (Å²) in [4.78, 5) is 4.76. The maximum Gasteiger partial charge on any atom is 0.131 e. The molecule has 2 atom stereocenters. The lowest BCUT2D eigenvalue weighted by atomic mass is 9.46. The number of allylic oxidation sites excluding steroid dienone is 4. The van der Waals surface area contributed by atoms with E-state index in [0.29, 0.717) is 0 Å². The van der Waals surface area contributed by atoms with E-state index in [1.165, 1.54) is 34.6 Å². The molecule has 2 spiro atoms. The molecule has 2 nitrogen and oxygen atoms in total. The SMILES string of the molecule is C1=CC23CCC1=C1Oc4cccc5c4C12CC=NC3=C5. The Morgan fingerprint density at radius 2 is 2.25 bits per heavy atom. The normalized spacial score (nSPS) is 36.9. The second-order valence-corrected chi connectivity index (χ2v) is 6.43. The number of rotatable bonds is 0. The molecular weight excluding hydrogens is 246 g/mol. The van der Waals surface area contributed by atoms with E-state index >= 15 is 0 Å². The molecule has 7 rings (SSSR count). The summed E-state index contributed by atoms with van der Waals surface area (Å²) < 4.78 is 6.34. The Hall–Kier alpha value is -2.09. The van der Waals surface area contributed by atoms with Gasteiger partial charge in [-0.1, -0.05) is 24.3 Å². The zero-order chi connectivity index (χ0) is 12.9. The van der Waals surface area contributed by atoms with Gasteiger partial charge in [0.15, 0.2) is 0 Å². The number of ether oxygens (including phenoxy) is 1. The van der Waals surface area contributed by atoms with Gasteiger partial charge >= 0.3 is 0 Å². The van der Waals surface area contributed by atoms with Crippen LogP contribution < -0.4 is 4.74 Å². The topological polar surface area (TPSA) is 21.6 Å². The highest BCUT2D eigenvalue weighted by Gasteiger charge is 2.66. The molecule has 96 valence electrons. The molecule has 2 aliphatic heterocycles. The van der Waals surface area contributed by atoms with Gasteiger partial charge in [-0.05, 0) is 36.1 Å². The van der Waals surface area contributed by atoms with E-state index in [-0.39, 0.29) is 10.8 Å². The summed E-state index contributed by atoms with van der Waals surface area (Å²) in [5.74, 6) is 2.28. The molecule has 0 radical (unpaired) electrons. The third kappa shape index (κ3) is 0.724. The van der Waals surface area contributed by atoms with Crippen molar-refractivity contribution in [1.29, 1.82) is 0 Å². The van der Waals surface area contributed by atoms with Crippen LogP contribution in [0.5, 0.6) is 5.75 Å². The van der Waals surface area contributed by atoms with Crippen molar-refractivity contribution in [2.75, 3.05) is 0 Å². The van der Waals surface area contributed by atoms with Gasteiger partial charge in [0.2, 0.25) is 0 Å². The third-order valence-electron chi connectivity index (χ3n) is 5.87. The largest absolute Gasteiger partial charge is 0.460 e. The minimum atomic E-state index is 0.00704. The molecule has 20 heavy (non-hydrogen) atoms. The minimum absolute atomic E-state index is 0.00704. The van der Waals surface area contributed by atoms with Crippen molar-refractivity contribution < 1.29 is 4.74 Å². The number of hydrogen-bond acceptors (Lipinski definition) is 2. The molecule has 1 aromatic rings. The van der Waals surface area contributed by atoms with Crippen LogP contribution in [0.15, 0.2) is 52.4 Å². The van der Waals surface area contributed by atoms with E-state index in [1.54, 1.807) is 0 Å². The fourth-order valence-electron chi connectivity index (χ4n) is 5.09. The van der Waals surface area contributed by atoms with Crippen LogP contribution in [0.25, 0.3) is 6.08 Å². The van der Waals surface area contributed by atoms with E-state index in [9.17, 15) is 0 Å². The van der Waals surface area contributed by atoms with E-state index in [1.807, 2.05) is 0 Å². The van der Waals surface area contributed by atoms with Gasteiger partial charge in [-0.2, -0.15) is 0 Å². The molecule has 2 unspecified atom stereocenters. The summed E-state index contributed by atoms with van der Waals surface area (Å²) >= 11 is 0. The Bertz CT molecular complexity index is 826. The highest BCUT2D eigenvalue weighted by Crippen LogP contribution is 2.71. The second-order valence-electron chi connectivity index (χ2n) is 6.43. The third-order valence-corrected chi connectivity index (χ3v) is 5.87. The Kier molecular flexibility index (Phi) is 1.31. The van der Waals surface area contributed by atoms with Gasteiger partial charge in [0, 0.05) is 23.6 Å². The molecule has 0 N–H and O–H groups in total. The first-order chi connectivity index (χ1) is 9.85. The Morgan fingerprint density at radius 1 is 1.25 bits per heavy atom. The summed E-state index contributed by atoms with van der Waals surface area (Å²) in [5, 5.41) is 0. The van der Waals surface area contributed by atoms with Gasteiger partial charge < -0.3 is 4.74 Å². The lowest BCUT2D eigenvalue weighted by Crippen LogP contribution is -2.53. The van der Waals surface area contributed by atoms with Crippen LogP contribution in [0.4, 0.5) is 0 Å². The molecule has 2 heterocycles. The standard InChI is InChI=1S/C18H13NO/c1-2-12-10-14-17-6-4-11(5-7-17)16-18(17,8-9-19-14)15(12)13(3-1)20-16/h1-4,6,9-10H,5,7-8H2. The highest BCUT2D eigenvalue weighted by molar-refractivity contribution is 5.83. The second kappa shape index (κ2) is 2.69. The Balaban J connectivity index is 1.90. The van der Waals surface area contributed by atoms with Crippen LogP contribution in [0.1, 0.15) is 30.4 Å². The van der Waals surface area contributed by atoms with Gasteiger partial charge in [-0.25, -0.2) is 0 Å². The van der Waals surface area contributed by atoms with Crippen LogP contribution in [0.2, 0.25) is 0 Å². The number of nitrogens with zero attached hydrogens (tertiary/aromatic N) is 1. The van der Waals surface area contributed by atoms with Crippen molar-refractivity contribution in [3.05, 3.63) is 58.5 Å². The number of fused-ring (bicyclic) bond motifs is 1. The molecule has 4 aliphatic carbocycles. The van der Waals surface area contributed by atoms with Gasteiger partial charge in [0.1, 0.15) is 11.5 Å². The first-order valence-electron chi connectivity index (χ1n) is 7.34. The van der Waals surface area contributed by atoms with E-state index in [4.69, 9.17) is 9.73 Å². The number of hydrogen-bond donors (Lipinski definition) is 0. The van der Waals surface area contributed by atoms with Crippen LogP contribution in [0, 0.1) is 5.41 Å². The van der Waals surface area contributed by atoms with Gasteiger partial charge in [-0.3, -0.25) is 4.99 Å². The Morgan fingerprint density at radius 3 is 3.15 bits per heavy atom. The average Bonchev–Trinajstić information content (AvgIpc) is 2.82. The van der Waals surface area contributed by atoms with Gasteiger partial charge in [0.05, 0.1) is 11.1 Å². The summed E-state index contributed by atoms with van der Waals surface area (Å²) in [6.07, 6.45) is 12.3. The molecule has 0 saturated heterocycles. The predicted molar refractivity (Wildman–Crippen MR) is 77.7 cm³/mol. The van der Waals surface area contributed by atoms with Crippen molar-refractivity contribution in [2.24, 2.45) is 10.4 Å². The van der Waals surface area contributed by atoms with Crippen molar-refractivity contribution in [3.63, 3.8) is 0 Å². The molecule has 6 aliphatic rings. The molecule has 1 aromatic carbocycles. The van der Waals surface area contributed by atoms with Crippen LogP contribution in [-0.2, 0) is 5.41 Å². The average molecular weight is 259 g/mol. The minimum Gasteiger partial charge on any atom is -0.460 e. The molecule has 0 amide bonds. The van der Waals surface area contributed by atoms with E-state index in [0.717, 1.165) is 18.6 Å². The summed E-state index contributed by atoms with van der Waals surface area (Å²) in [6.45, 7) is 0. The fourth-order valence-corrected chi connectivity index (χ4v) is 5.09. The van der Waals surface area contributed by atoms with Gasteiger partial charge in [-0.15, -0.1) is 0 Å². The Labute approximate surface area is 117 Å². The van der Waals surface area contributed by atoms with Crippen molar-refractivity contribution in [2.45, 2.75) is 24.7 Å².